The Kier molecular flexibility index (Phi) is 16.6. The van der Waals surface area contributed by atoms with E-state index in [2.05, 4.69) is 48.1 Å². The van der Waals surface area contributed by atoms with Gasteiger partial charge in [-0.05, 0) is 53.4 Å². The van der Waals surface area contributed by atoms with Crippen molar-refractivity contribution >= 4 is 29.5 Å². The van der Waals surface area contributed by atoms with Gasteiger partial charge in [0.25, 0.3) is 0 Å². The molecule has 0 aromatic rings. The van der Waals surface area contributed by atoms with Crippen LogP contribution in [0.1, 0.15) is 66.2 Å². The highest BCUT2D eigenvalue weighted by molar-refractivity contribution is 5.88. The van der Waals surface area contributed by atoms with Crippen molar-refractivity contribution in [3.63, 3.8) is 0 Å². The number of ketones is 1. The standard InChI is InChI=1S/C34H56N4O11/c1-23(2)8-9-26-33(4,49-26)32-31(44-5)25(10-12-34(32)22-47-34)48-30(43)7-6-15-45-17-18-46-16-14-36-27(40)11-13-35-20-28(41)38-21-29(42)37-19-24(3)39/h8,25-26,31-32,35H,6-7,9-22H2,1-5H3,(H,36,40)(H,37,42)(H,38,41)/t25?,26-,31?,32?,33?,34+/m1/s1. The van der Waals surface area contributed by atoms with Gasteiger partial charge in [0, 0.05) is 39.6 Å². The van der Waals surface area contributed by atoms with Gasteiger partial charge < -0.3 is 49.7 Å². The van der Waals surface area contributed by atoms with E-state index in [4.69, 9.17) is 28.4 Å². The van der Waals surface area contributed by atoms with Crippen molar-refractivity contribution in [2.24, 2.45) is 5.92 Å². The highest BCUT2D eigenvalue weighted by atomic mass is 16.6. The summed E-state index contributed by atoms with van der Waals surface area (Å²) in [5.74, 6) is -1.51. The lowest BCUT2D eigenvalue weighted by molar-refractivity contribution is -0.172. The zero-order valence-corrected chi connectivity index (χ0v) is 29.7. The van der Waals surface area contributed by atoms with Crippen LogP contribution < -0.4 is 21.3 Å². The molecule has 3 fully saturated rings. The Morgan fingerprint density at radius 3 is 2.22 bits per heavy atom. The van der Waals surface area contributed by atoms with E-state index in [0.717, 1.165) is 12.8 Å². The molecule has 278 valence electrons. The first kappa shape index (κ1) is 40.5. The van der Waals surface area contributed by atoms with E-state index in [-0.39, 0.29) is 92.1 Å². The van der Waals surface area contributed by atoms with E-state index in [9.17, 15) is 24.0 Å². The van der Waals surface area contributed by atoms with Crippen LogP contribution in [-0.2, 0) is 52.4 Å². The molecule has 0 aromatic heterocycles. The highest BCUT2D eigenvalue weighted by Gasteiger charge is 2.72. The molecule has 3 amide bonds. The number of epoxide rings is 2. The minimum absolute atomic E-state index is 0.0138. The van der Waals surface area contributed by atoms with E-state index >= 15 is 0 Å². The number of ether oxygens (including phenoxy) is 6. The van der Waals surface area contributed by atoms with Crippen molar-refractivity contribution in [3.8, 4) is 0 Å². The molecule has 49 heavy (non-hydrogen) atoms. The number of allylic oxidation sites excluding steroid dienone is 1. The van der Waals surface area contributed by atoms with E-state index in [1.807, 2.05) is 0 Å². The first-order chi connectivity index (χ1) is 23.4. The topological polar surface area (TPSA) is 195 Å². The molecule has 3 aliphatic rings. The normalized spacial score (nSPS) is 26.8. The maximum atomic E-state index is 12.7. The van der Waals surface area contributed by atoms with Crippen molar-refractivity contribution in [3.05, 3.63) is 11.6 Å². The smallest absolute Gasteiger partial charge is 0.306 e. The predicted octanol–water partition coefficient (Wildman–Crippen LogP) is 0.337. The van der Waals surface area contributed by atoms with Crippen molar-refractivity contribution in [2.75, 3.05) is 72.9 Å². The molecule has 1 saturated carbocycles. The number of carbonyl (C=O) groups is 5. The Bertz CT molecular complexity index is 1160. The third-order valence-corrected chi connectivity index (χ3v) is 8.93. The van der Waals surface area contributed by atoms with Crippen LogP contribution in [0, 0.1) is 5.92 Å². The van der Waals surface area contributed by atoms with Gasteiger partial charge in [0.05, 0.1) is 58.1 Å². The monoisotopic (exact) mass is 696 g/mol. The second kappa shape index (κ2) is 20.0. The van der Waals surface area contributed by atoms with Crippen molar-refractivity contribution in [1.82, 2.24) is 21.3 Å². The van der Waals surface area contributed by atoms with Crippen molar-refractivity contribution in [2.45, 2.75) is 95.7 Å². The van der Waals surface area contributed by atoms with Gasteiger partial charge in [0.15, 0.2) is 0 Å². The Morgan fingerprint density at radius 1 is 0.857 bits per heavy atom. The van der Waals surface area contributed by atoms with Crippen LogP contribution >= 0.6 is 0 Å². The molecule has 1 aliphatic carbocycles. The summed E-state index contributed by atoms with van der Waals surface area (Å²) in [6.45, 7) is 10.00. The molecule has 0 aromatic carbocycles. The zero-order valence-electron chi connectivity index (χ0n) is 29.7. The summed E-state index contributed by atoms with van der Waals surface area (Å²) < 4.78 is 35.1. The Balaban J connectivity index is 1.17. The molecule has 1 spiro atoms. The number of carbonyl (C=O) groups excluding carboxylic acids is 5. The van der Waals surface area contributed by atoms with Crippen LogP contribution in [0.25, 0.3) is 0 Å². The van der Waals surface area contributed by atoms with Crippen LogP contribution in [-0.4, -0.2) is 132 Å². The van der Waals surface area contributed by atoms with Gasteiger partial charge >= 0.3 is 5.97 Å². The van der Waals surface area contributed by atoms with Gasteiger partial charge in [-0.1, -0.05) is 11.6 Å². The summed E-state index contributed by atoms with van der Waals surface area (Å²) in [5, 5.41) is 10.4. The first-order valence-corrected chi connectivity index (χ1v) is 17.2. The first-order valence-electron chi connectivity index (χ1n) is 17.2. The van der Waals surface area contributed by atoms with Gasteiger partial charge in [0.2, 0.25) is 17.7 Å². The second-order valence-electron chi connectivity index (χ2n) is 13.3. The van der Waals surface area contributed by atoms with Gasteiger partial charge in [-0.15, -0.1) is 0 Å². The van der Waals surface area contributed by atoms with Gasteiger partial charge in [-0.3, -0.25) is 24.0 Å². The average Bonchev–Trinajstić information content (AvgIpc) is 3.98. The summed E-state index contributed by atoms with van der Waals surface area (Å²) in [6, 6.07) is 0. The van der Waals surface area contributed by atoms with E-state index in [0.29, 0.717) is 52.4 Å². The number of nitrogens with one attached hydrogen (secondary N) is 4. The second-order valence-corrected chi connectivity index (χ2v) is 13.3. The molecular formula is C34H56N4O11. The molecule has 15 nitrogen and oxygen atoms in total. The maximum absolute atomic E-state index is 12.7. The fraction of sp³-hybridized carbons (Fsp3) is 0.794. The lowest BCUT2D eigenvalue weighted by Crippen LogP contribution is -2.55. The number of hydrogen-bond donors (Lipinski definition) is 4. The molecule has 2 aliphatic heterocycles. The third kappa shape index (κ3) is 13.7. The third-order valence-electron chi connectivity index (χ3n) is 8.93. The van der Waals surface area contributed by atoms with Crippen molar-refractivity contribution in [1.29, 1.82) is 0 Å². The van der Waals surface area contributed by atoms with E-state index in [1.165, 1.54) is 12.5 Å². The SMILES string of the molecule is COC1C(OC(=O)CCCOCCOCCNC(=O)CCNCC(=O)NCC(=O)NCC(C)=O)CC[C@]2(CO2)C1C1(C)O[C@@H]1CC=C(C)C. The lowest BCUT2D eigenvalue weighted by atomic mass is 9.68. The molecule has 3 rings (SSSR count). The van der Waals surface area contributed by atoms with Crippen LogP contribution in [0.2, 0.25) is 0 Å². The average molecular weight is 697 g/mol. The molecule has 6 atom stereocenters. The lowest BCUT2D eigenvalue weighted by Gasteiger charge is -2.42. The summed E-state index contributed by atoms with van der Waals surface area (Å²) in [7, 11) is 1.66. The summed E-state index contributed by atoms with van der Waals surface area (Å²) in [4.78, 5) is 58.7. The minimum atomic E-state index is -0.454. The number of hydrogen-bond acceptors (Lipinski definition) is 12. The molecule has 2 heterocycles. The van der Waals surface area contributed by atoms with E-state index in [1.54, 1.807) is 7.11 Å². The largest absolute Gasteiger partial charge is 0.460 e. The number of rotatable bonds is 24. The molecule has 4 unspecified atom stereocenters. The molecular weight excluding hydrogens is 640 g/mol. The van der Waals surface area contributed by atoms with Crippen molar-refractivity contribution < 1.29 is 52.4 Å². The Morgan fingerprint density at radius 2 is 1.55 bits per heavy atom. The fourth-order valence-corrected chi connectivity index (χ4v) is 6.22. The molecule has 4 N–H and O–H groups in total. The fourth-order valence-electron chi connectivity index (χ4n) is 6.22. The summed E-state index contributed by atoms with van der Waals surface area (Å²) >= 11 is 0. The van der Waals surface area contributed by atoms with Crippen LogP contribution in [0.5, 0.6) is 0 Å². The van der Waals surface area contributed by atoms with Gasteiger partial charge in [-0.25, -0.2) is 0 Å². The maximum Gasteiger partial charge on any atom is 0.306 e. The highest BCUT2D eigenvalue weighted by Crippen LogP contribution is 2.59. The molecule has 15 heteroatoms. The predicted molar refractivity (Wildman–Crippen MR) is 177 cm³/mol. The molecule has 0 bridgehead atoms. The van der Waals surface area contributed by atoms with Crippen LogP contribution in [0.15, 0.2) is 11.6 Å². The number of amides is 3. The number of methoxy groups -OCH3 is 1. The number of Topliss-reactive ketones (excluding diaryl/α,β-unsaturated/α-hetero) is 1. The minimum Gasteiger partial charge on any atom is -0.460 e. The van der Waals surface area contributed by atoms with Gasteiger partial charge in [0.1, 0.15) is 29.2 Å². The Labute approximate surface area is 289 Å². The quantitative estimate of drug-likeness (QED) is 0.0469. The van der Waals surface area contributed by atoms with Crippen LogP contribution in [0.4, 0.5) is 0 Å². The summed E-state index contributed by atoms with van der Waals surface area (Å²) in [6.07, 6.45) is 4.90. The van der Waals surface area contributed by atoms with E-state index < -0.39 is 11.8 Å². The molecule has 0 radical (unpaired) electrons. The Hall–Kier alpha value is -2.95. The molecule has 2 saturated heterocycles. The zero-order chi connectivity index (χ0) is 35.9. The van der Waals surface area contributed by atoms with Gasteiger partial charge in [-0.2, -0.15) is 0 Å². The number of esters is 1. The van der Waals surface area contributed by atoms with Crippen LogP contribution in [0.3, 0.4) is 0 Å². The summed E-state index contributed by atoms with van der Waals surface area (Å²) in [5.41, 5.74) is 0.614.